The van der Waals surface area contributed by atoms with Gasteiger partial charge in [0.05, 0.1) is 5.60 Å². The van der Waals surface area contributed by atoms with Crippen molar-refractivity contribution in [2.75, 3.05) is 11.9 Å². The Balaban J connectivity index is 1.99. The highest BCUT2D eigenvalue weighted by Crippen LogP contribution is 2.24. The van der Waals surface area contributed by atoms with E-state index in [-0.39, 0.29) is 11.2 Å². The second kappa shape index (κ2) is 6.76. The van der Waals surface area contributed by atoms with Gasteiger partial charge in [-0.05, 0) is 43.7 Å². The summed E-state index contributed by atoms with van der Waals surface area (Å²) in [5.41, 5.74) is 0.00409. The van der Waals surface area contributed by atoms with Crippen molar-refractivity contribution in [1.29, 1.82) is 0 Å². The molecular weight excluding hydrogens is 313 g/mol. The number of aromatic nitrogens is 2. The number of nitrogens with zero attached hydrogens (tertiary/aromatic N) is 2. The Morgan fingerprint density at radius 3 is 2.48 bits per heavy atom. The summed E-state index contributed by atoms with van der Waals surface area (Å²) in [4.78, 5) is 4.36. The molecule has 0 saturated heterocycles. The first kappa shape index (κ1) is 17.6. The van der Waals surface area contributed by atoms with Crippen molar-refractivity contribution in [2.24, 2.45) is 0 Å². The van der Waals surface area contributed by atoms with Crippen LogP contribution in [0.3, 0.4) is 0 Å². The summed E-state index contributed by atoms with van der Waals surface area (Å²) in [5, 5.41) is 13.6. The monoisotopic (exact) mass is 335 g/mol. The number of hydrogen-bond donors (Lipinski definition) is 2. The van der Waals surface area contributed by atoms with Gasteiger partial charge in [-0.3, -0.25) is 0 Å². The molecule has 0 aliphatic heterocycles. The molecule has 0 spiro atoms. The summed E-state index contributed by atoms with van der Waals surface area (Å²) in [6.07, 6.45) is 3.36. The number of benzene rings is 1. The molecule has 0 unspecified atom stereocenters. The number of nitrogens with one attached hydrogen (secondary N) is 1. The molecule has 0 bridgehead atoms. The SMILES string of the molecule is CC(C)(O)C=Cc1nsc(NCC(C)(C)c2ccc(F)cc2)n1. The van der Waals surface area contributed by atoms with Gasteiger partial charge in [0.15, 0.2) is 5.82 Å². The summed E-state index contributed by atoms with van der Waals surface area (Å²) < 4.78 is 17.3. The largest absolute Gasteiger partial charge is 0.386 e. The quantitative estimate of drug-likeness (QED) is 0.842. The second-order valence-corrected chi connectivity index (χ2v) is 7.44. The third-order valence-corrected chi connectivity index (χ3v) is 4.08. The molecule has 1 aromatic heterocycles. The lowest BCUT2D eigenvalue weighted by atomic mass is 9.85. The fourth-order valence-electron chi connectivity index (χ4n) is 1.95. The summed E-state index contributed by atoms with van der Waals surface area (Å²) in [6, 6.07) is 6.55. The van der Waals surface area contributed by atoms with Crippen molar-refractivity contribution in [1.82, 2.24) is 9.36 Å². The molecule has 23 heavy (non-hydrogen) atoms. The molecule has 1 aromatic carbocycles. The van der Waals surface area contributed by atoms with Gasteiger partial charge in [-0.1, -0.05) is 26.0 Å². The normalized spacial score (nSPS) is 12.8. The van der Waals surface area contributed by atoms with E-state index in [0.29, 0.717) is 12.4 Å². The molecule has 4 nitrogen and oxygen atoms in total. The fraction of sp³-hybridized carbons (Fsp3) is 0.412. The van der Waals surface area contributed by atoms with Crippen LogP contribution in [0.25, 0.3) is 6.08 Å². The van der Waals surface area contributed by atoms with Crippen LogP contribution in [0.15, 0.2) is 30.3 Å². The van der Waals surface area contributed by atoms with Crippen LogP contribution in [0.2, 0.25) is 0 Å². The van der Waals surface area contributed by atoms with Crippen LogP contribution >= 0.6 is 11.5 Å². The van der Waals surface area contributed by atoms with E-state index in [2.05, 4.69) is 28.5 Å². The third kappa shape index (κ3) is 5.41. The van der Waals surface area contributed by atoms with Crippen LogP contribution in [0.4, 0.5) is 9.52 Å². The first-order chi connectivity index (χ1) is 10.7. The van der Waals surface area contributed by atoms with Gasteiger partial charge in [-0.25, -0.2) is 4.39 Å². The Hall–Kier alpha value is -1.79. The molecule has 6 heteroatoms. The van der Waals surface area contributed by atoms with E-state index in [0.717, 1.165) is 10.7 Å². The number of halogens is 1. The van der Waals surface area contributed by atoms with Crippen molar-refractivity contribution < 1.29 is 9.50 Å². The van der Waals surface area contributed by atoms with E-state index in [9.17, 15) is 9.50 Å². The summed E-state index contributed by atoms with van der Waals surface area (Å²) in [7, 11) is 0. The molecule has 0 atom stereocenters. The second-order valence-electron chi connectivity index (χ2n) is 6.69. The highest BCUT2D eigenvalue weighted by atomic mass is 32.1. The van der Waals surface area contributed by atoms with E-state index in [1.807, 2.05) is 0 Å². The van der Waals surface area contributed by atoms with Crippen LogP contribution in [0, 0.1) is 5.82 Å². The molecule has 2 aromatic rings. The fourth-order valence-corrected chi connectivity index (χ4v) is 2.51. The maximum Gasteiger partial charge on any atom is 0.202 e. The molecule has 0 radical (unpaired) electrons. The van der Waals surface area contributed by atoms with Crippen LogP contribution in [0.1, 0.15) is 39.1 Å². The zero-order valence-electron chi connectivity index (χ0n) is 13.8. The van der Waals surface area contributed by atoms with Crippen molar-refractivity contribution in [2.45, 2.75) is 38.7 Å². The molecule has 124 valence electrons. The van der Waals surface area contributed by atoms with Gasteiger partial charge in [0, 0.05) is 23.5 Å². The van der Waals surface area contributed by atoms with Gasteiger partial charge >= 0.3 is 0 Å². The minimum absolute atomic E-state index is 0.164. The van der Waals surface area contributed by atoms with Crippen LogP contribution < -0.4 is 5.32 Å². The van der Waals surface area contributed by atoms with E-state index >= 15 is 0 Å². The molecule has 0 amide bonds. The topological polar surface area (TPSA) is 58.0 Å². The Kier molecular flexibility index (Phi) is 5.16. The van der Waals surface area contributed by atoms with Gasteiger partial charge in [-0.2, -0.15) is 9.36 Å². The first-order valence-corrected chi connectivity index (χ1v) is 8.18. The summed E-state index contributed by atoms with van der Waals surface area (Å²) in [6.45, 7) is 8.22. The van der Waals surface area contributed by atoms with Gasteiger partial charge in [0.2, 0.25) is 5.13 Å². The van der Waals surface area contributed by atoms with Crippen molar-refractivity contribution in [3.63, 3.8) is 0 Å². The Labute approximate surface area is 140 Å². The Morgan fingerprint density at radius 1 is 1.22 bits per heavy atom. The number of hydrogen-bond acceptors (Lipinski definition) is 5. The van der Waals surface area contributed by atoms with Crippen molar-refractivity contribution in [3.8, 4) is 0 Å². The molecule has 0 saturated carbocycles. The van der Waals surface area contributed by atoms with E-state index in [4.69, 9.17) is 0 Å². The molecule has 2 N–H and O–H groups in total. The van der Waals surface area contributed by atoms with Crippen LogP contribution in [0.5, 0.6) is 0 Å². The van der Waals surface area contributed by atoms with E-state index in [1.165, 1.54) is 23.7 Å². The molecule has 0 aliphatic carbocycles. The predicted molar refractivity (Wildman–Crippen MR) is 93.2 cm³/mol. The highest BCUT2D eigenvalue weighted by molar-refractivity contribution is 7.09. The lowest BCUT2D eigenvalue weighted by Crippen LogP contribution is -2.27. The van der Waals surface area contributed by atoms with Gasteiger partial charge in [0.1, 0.15) is 5.82 Å². The number of rotatable bonds is 6. The third-order valence-electron chi connectivity index (χ3n) is 3.39. The first-order valence-electron chi connectivity index (χ1n) is 7.41. The lowest BCUT2D eigenvalue weighted by molar-refractivity contribution is 0.134. The van der Waals surface area contributed by atoms with Crippen LogP contribution in [-0.2, 0) is 5.41 Å². The minimum Gasteiger partial charge on any atom is -0.386 e. The minimum atomic E-state index is -0.885. The molecule has 0 aliphatic rings. The Bertz CT molecular complexity index is 672. The average Bonchev–Trinajstić information content (AvgIpc) is 2.91. The van der Waals surface area contributed by atoms with Crippen molar-refractivity contribution in [3.05, 3.63) is 47.5 Å². The van der Waals surface area contributed by atoms with Crippen LogP contribution in [-0.4, -0.2) is 26.6 Å². The number of aliphatic hydroxyl groups is 1. The van der Waals surface area contributed by atoms with Gasteiger partial charge in [0.25, 0.3) is 0 Å². The molecule has 2 rings (SSSR count). The van der Waals surface area contributed by atoms with Crippen molar-refractivity contribution >= 4 is 22.7 Å². The maximum absolute atomic E-state index is 13.0. The average molecular weight is 335 g/mol. The number of anilines is 1. The predicted octanol–water partition coefficient (Wildman–Crippen LogP) is 3.85. The Morgan fingerprint density at radius 2 is 1.87 bits per heavy atom. The lowest BCUT2D eigenvalue weighted by Gasteiger charge is -2.25. The standard InChI is InChI=1S/C17H22FN3OS/c1-16(2,12-5-7-13(18)8-6-12)11-19-15-20-14(21-23-15)9-10-17(3,4)22/h5-10,22H,11H2,1-4H3,(H,19,20,21). The van der Waals surface area contributed by atoms with Gasteiger partial charge < -0.3 is 10.4 Å². The zero-order chi connectivity index (χ0) is 17.1. The van der Waals surface area contributed by atoms with E-state index < -0.39 is 5.60 Å². The highest BCUT2D eigenvalue weighted by Gasteiger charge is 2.21. The summed E-state index contributed by atoms with van der Waals surface area (Å²) in [5.74, 6) is 0.337. The zero-order valence-corrected chi connectivity index (χ0v) is 14.6. The summed E-state index contributed by atoms with van der Waals surface area (Å²) >= 11 is 1.27. The smallest absolute Gasteiger partial charge is 0.202 e. The maximum atomic E-state index is 13.0. The molecule has 0 fully saturated rings. The molecular formula is C17H22FN3OS. The molecule has 1 heterocycles. The van der Waals surface area contributed by atoms with Gasteiger partial charge in [-0.15, -0.1) is 0 Å². The van der Waals surface area contributed by atoms with E-state index in [1.54, 1.807) is 38.1 Å².